The lowest BCUT2D eigenvalue weighted by Gasteiger charge is -2.32. The quantitative estimate of drug-likeness (QED) is 0.723. The normalized spacial score (nSPS) is 22.3. The van der Waals surface area contributed by atoms with Crippen molar-refractivity contribution in [2.45, 2.75) is 18.6 Å². The number of rotatable bonds is 5. The maximum absolute atomic E-state index is 12.6. The van der Waals surface area contributed by atoms with E-state index in [1.807, 2.05) is 0 Å². The number of carbonyl (C=O) groups is 3. The summed E-state index contributed by atoms with van der Waals surface area (Å²) in [5.74, 6) is -0.515. The van der Waals surface area contributed by atoms with Crippen LogP contribution in [-0.2, 0) is 19.1 Å². The van der Waals surface area contributed by atoms with Crippen molar-refractivity contribution in [3.8, 4) is 5.75 Å². The molecule has 3 amide bonds. The number of anilines is 1. The van der Waals surface area contributed by atoms with Crippen LogP contribution in [0, 0.1) is 0 Å². The van der Waals surface area contributed by atoms with Crippen LogP contribution in [-0.4, -0.2) is 63.3 Å². The summed E-state index contributed by atoms with van der Waals surface area (Å²) < 4.78 is 16.1. The summed E-state index contributed by atoms with van der Waals surface area (Å²) in [6.45, 7) is 0.504. The number of nitrogens with two attached hydrogens (primary N) is 1. The third-order valence-corrected chi connectivity index (χ3v) is 4.37. The lowest BCUT2D eigenvalue weighted by molar-refractivity contribution is -0.129. The van der Waals surface area contributed by atoms with Crippen molar-refractivity contribution in [1.29, 1.82) is 0 Å². The molecule has 0 spiro atoms. The highest BCUT2D eigenvalue weighted by molar-refractivity contribution is 6.01. The molecule has 9 nitrogen and oxygen atoms in total. The number of primary amides is 1. The Morgan fingerprint density at radius 2 is 2.23 bits per heavy atom. The van der Waals surface area contributed by atoms with Gasteiger partial charge < -0.3 is 30.2 Å². The van der Waals surface area contributed by atoms with E-state index in [0.717, 1.165) is 0 Å². The first-order chi connectivity index (χ1) is 12.5. The molecule has 0 bridgehead atoms. The van der Waals surface area contributed by atoms with Crippen LogP contribution < -0.4 is 20.7 Å². The molecule has 0 aliphatic carbocycles. The Bertz CT molecular complexity index is 722. The number of hydrogen-bond donors (Lipinski definition) is 2. The zero-order valence-corrected chi connectivity index (χ0v) is 14.4. The Hall–Kier alpha value is -2.65. The van der Waals surface area contributed by atoms with E-state index in [2.05, 4.69) is 5.32 Å². The van der Waals surface area contributed by atoms with Crippen molar-refractivity contribution in [2.75, 3.05) is 38.4 Å². The van der Waals surface area contributed by atoms with Crippen molar-refractivity contribution in [2.24, 2.45) is 5.73 Å². The van der Waals surface area contributed by atoms with Crippen LogP contribution in [0.1, 0.15) is 16.8 Å². The molecule has 140 valence electrons. The van der Waals surface area contributed by atoms with Crippen LogP contribution in [0.25, 0.3) is 0 Å². The van der Waals surface area contributed by atoms with Gasteiger partial charge in [0, 0.05) is 19.2 Å². The molecule has 1 fully saturated rings. The summed E-state index contributed by atoms with van der Waals surface area (Å²) in [5, 5.41) is 2.90. The van der Waals surface area contributed by atoms with Gasteiger partial charge in [-0.15, -0.1) is 0 Å². The third kappa shape index (κ3) is 3.94. The smallest absolute Gasteiger partial charge is 0.264 e. The van der Waals surface area contributed by atoms with E-state index in [4.69, 9.17) is 19.9 Å². The third-order valence-electron chi connectivity index (χ3n) is 4.37. The number of amides is 3. The van der Waals surface area contributed by atoms with Gasteiger partial charge in [0.05, 0.1) is 18.3 Å². The van der Waals surface area contributed by atoms with Crippen molar-refractivity contribution >= 4 is 23.4 Å². The van der Waals surface area contributed by atoms with Gasteiger partial charge in [0.25, 0.3) is 11.8 Å². The molecule has 0 unspecified atom stereocenters. The molecule has 2 aliphatic rings. The second kappa shape index (κ2) is 7.71. The van der Waals surface area contributed by atoms with Crippen LogP contribution >= 0.6 is 0 Å². The van der Waals surface area contributed by atoms with E-state index in [9.17, 15) is 14.4 Å². The molecular weight excluding hydrogens is 342 g/mol. The number of nitrogens with one attached hydrogen (secondary N) is 1. The van der Waals surface area contributed by atoms with Crippen LogP contribution in [0.4, 0.5) is 5.69 Å². The summed E-state index contributed by atoms with van der Waals surface area (Å²) in [7, 11) is 1.64. The molecule has 3 N–H and O–H groups in total. The summed E-state index contributed by atoms with van der Waals surface area (Å²) in [6, 6.07) is 4.61. The lowest BCUT2D eigenvalue weighted by atomic mass is 10.0. The van der Waals surface area contributed by atoms with Crippen LogP contribution in [0.3, 0.4) is 0 Å². The molecule has 1 aromatic carbocycles. The second-order valence-corrected chi connectivity index (χ2v) is 6.18. The van der Waals surface area contributed by atoms with Crippen molar-refractivity contribution in [3.05, 3.63) is 23.8 Å². The fourth-order valence-electron chi connectivity index (χ4n) is 2.90. The second-order valence-electron chi connectivity index (χ2n) is 6.18. The van der Waals surface area contributed by atoms with Gasteiger partial charge in [0.1, 0.15) is 18.5 Å². The van der Waals surface area contributed by atoms with Gasteiger partial charge in [-0.25, -0.2) is 0 Å². The Balaban J connectivity index is 1.70. The SMILES string of the molecule is CN1C(=O)COc2ccc(C(=O)N[C@@H]3CCOC[C@H]3OCC(N)=O)cc21. The predicted molar refractivity (Wildman–Crippen MR) is 91.0 cm³/mol. The molecule has 1 aromatic rings. The molecule has 0 radical (unpaired) electrons. The minimum absolute atomic E-state index is 0.0179. The number of nitrogens with zero attached hydrogens (tertiary/aromatic N) is 1. The van der Waals surface area contributed by atoms with E-state index >= 15 is 0 Å². The fraction of sp³-hybridized carbons (Fsp3) is 0.471. The van der Waals surface area contributed by atoms with E-state index < -0.39 is 12.0 Å². The zero-order chi connectivity index (χ0) is 18.7. The molecule has 0 saturated carbocycles. The minimum Gasteiger partial charge on any atom is -0.482 e. The van der Waals surface area contributed by atoms with Gasteiger partial charge in [0.15, 0.2) is 6.61 Å². The number of fused-ring (bicyclic) bond motifs is 1. The van der Waals surface area contributed by atoms with Crippen molar-refractivity contribution in [3.63, 3.8) is 0 Å². The van der Waals surface area contributed by atoms with E-state index in [-0.39, 0.29) is 37.7 Å². The Labute approximate surface area is 150 Å². The van der Waals surface area contributed by atoms with Gasteiger partial charge >= 0.3 is 0 Å². The zero-order valence-electron chi connectivity index (χ0n) is 14.4. The van der Waals surface area contributed by atoms with Crippen molar-refractivity contribution < 1.29 is 28.6 Å². The summed E-state index contributed by atoms with van der Waals surface area (Å²) in [4.78, 5) is 36.8. The van der Waals surface area contributed by atoms with Gasteiger partial charge in [-0.05, 0) is 24.6 Å². The van der Waals surface area contributed by atoms with Crippen LogP contribution in [0.2, 0.25) is 0 Å². The summed E-state index contributed by atoms with van der Waals surface area (Å²) in [5.41, 5.74) is 6.04. The molecule has 3 rings (SSSR count). The molecule has 9 heteroatoms. The number of hydrogen-bond acceptors (Lipinski definition) is 6. The first-order valence-electron chi connectivity index (χ1n) is 8.27. The number of carbonyl (C=O) groups excluding carboxylic acids is 3. The summed E-state index contributed by atoms with van der Waals surface area (Å²) >= 11 is 0. The summed E-state index contributed by atoms with van der Waals surface area (Å²) in [6.07, 6.45) is 0.104. The first-order valence-corrected chi connectivity index (χ1v) is 8.27. The Kier molecular flexibility index (Phi) is 5.38. The average molecular weight is 363 g/mol. The van der Waals surface area contributed by atoms with Gasteiger partial charge in [-0.3, -0.25) is 14.4 Å². The lowest BCUT2D eigenvalue weighted by Crippen LogP contribution is -2.50. The van der Waals surface area contributed by atoms with E-state index in [0.29, 0.717) is 30.0 Å². The highest BCUT2D eigenvalue weighted by Gasteiger charge is 2.29. The molecule has 1 saturated heterocycles. The molecule has 26 heavy (non-hydrogen) atoms. The Morgan fingerprint density at radius 3 is 3.00 bits per heavy atom. The number of ether oxygens (including phenoxy) is 3. The highest BCUT2D eigenvalue weighted by atomic mass is 16.5. The molecule has 2 aliphatic heterocycles. The van der Waals surface area contributed by atoms with Crippen LogP contribution in [0.5, 0.6) is 5.75 Å². The topological polar surface area (TPSA) is 120 Å². The maximum Gasteiger partial charge on any atom is 0.264 e. The first kappa shape index (κ1) is 18.2. The van der Waals surface area contributed by atoms with E-state index in [1.165, 1.54) is 4.90 Å². The number of benzene rings is 1. The predicted octanol–water partition coefficient (Wildman–Crippen LogP) is -0.569. The van der Waals surface area contributed by atoms with E-state index in [1.54, 1.807) is 25.2 Å². The van der Waals surface area contributed by atoms with Crippen LogP contribution in [0.15, 0.2) is 18.2 Å². The molecule has 2 heterocycles. The monoisotopic (exact) mass is 363 g/mol. The van der Waals surface area contributed by atoms with Gasteiger partial charge in [0.2, 0.25) is 5.91 Å². The standard InChI is InChI=1S/C17H21N3O6/c1-20-12-6-10(2-3-13(12)26-9-16(20)22)17(23)19-11-4-5-24-7-14(11)25-8-15(18)21/h2-3,6,11,14H,4-5,7-9H2,1H3,(H2,18,21)(H,19,23)/t11-,14-/m1/s1. The average Bonchev–Trinajstić information content (AvgIpc) is 2.63. The highest BCUT2D eigenvalue weighted by Crippen LogP contribution is 2.32. The maximum atomic E-state index is 12.6. The minimum atomic E-state index is -0.581. The molecular formula is C17H21N3O6. The Morgan fingerprint density at radius 1 is 1.42 bits per heavy atom. The number of likely N-dealkylation sites (N-methyl/N-ethyl adjacent to an activating group) is 1. The fourth-order valence-corrected chi connectivity index (χ4v) is 2.90. The molecule has 0 aromatic heterocycles. The van der Waals surface area contributed by atoms with Gasteiger partial charge in [-0.1, -0.05) is 0 Å². The van der Waals surface area contributed by atoms with Gasteiger partial charge in [-0.2, -0.15) is 0 Å². The largest absolute Gasteiger partial charge is 0.482 e. The molecule has 2 atom stereocenters. The van der Waals surface area contributed by atoms with Crippen molar-refractivity contribution in [1.82, 2.24) is 5.32 Å².